The largest absolute Gasteiger partial charge is 0.493 e. The number of nitrogens with zero attached hydrogens (tertiary/aromatic N) is 2. The highest BCUT2D eigenvalue weighted by molar-refractivity contribution is 5.63. The van der Waals surface area contributed by atoms with Crippen molar-refractivity contribution < 1.29 is 14.0 Å². The lowest BCUT2D eigenvalue weighted by Gasteiger charge is -2.17. The fraction of sp³-hybridized carbons (Fsp3) is 0.130. The summed E-state index contributed by atoms with van der Waals surface area (Å²) < 4.78 is 17.0. The van der Waals surface area contributed by atoms with Gasteiger partial charge in [-0.3, -0.25) is 0 Å². The van der Waals surface area contributed by atoms with Gasteiger partial charge in [-0.2, -0.15) is 4.98 Å². The Kier molecular flexibility index (Phi) is 5.06. The average molecular weight is 372 g/mol. The second-order valence-electron chi connectivity index (χ2n) is 6.33. The zero-order chi connectivity index (χ0) is 19.3. The molecule has 0 fully saturated rings. The Bertz CT molecular complexity index is 1050. The zero-order valence-electron chi connectivity index (χ0n) is 15.7. The van der Waals surface area contributed by atoms with Crippen LogP contribution < -0.4 is 9.47 Å². The fourth-order valence-electron chi connectivity index (χ4n) is 2.93. The number of ether oxygens (including phenoxy) is 2. The molecule has 0 amide bonds. The first-order chi connectivity index (χ1) is 13.7. The molecule has 5 heteroatoms. The Morgan fingerprint density at radius 2 is 1.54 bits per heavy atom. The average Bonchev–Trinajstić information content (AvgIpc) is 3.25. The maximum absolute atomic E-state index is 6.10. The molecule has 1 atom stereocenters. The van der Waals surface area contributed by atoms with E-state index in [0.717, 1.165) is 16.7 Å². The maximum atomic E-state index is 6.10. The van der Waals surface area contributed by atoms with Crippen molar-refractivity contribution >= 4 is 0 Å². The van der Waals surface area contributed by atoms with Crippen molar-refractivity contribution in [2.45, 2.75) is 13.0 Å². The molecule has 3 aromatic carbocycles. The van der Waals surface area contributed by atoms with Gasteiger partial charge in [0.15, 0.2) is 11.5 Å². The van der Waals surface area contributed by atoms with Crippen LogP contribution in [0.4, 0.5) is 0 Å². The van der Waals surface area contributed by atoms with E-state index < -0.39 is 0 Å². The Labute approximate surface area is 163 Å². The number of hydrogen-bond acceptors (Lipinski definition) is 5. The predicted octanol–water partition coefficient (Wildman–Crippen LogP) is 5.55. The molecule has 4 rings (SSSR count). The van der Waals surface area contributed by atoms with Crippen LogP contribution in [-0.4, -0.2) is 17.3 Å². The van der Waals surface area contributed by atoms with Gasteiger partial charge >= 0.3 is 0 Å². The minimum absolute atomic E-state index is 0.101. The van der Waals surface area contributed by atoms with Crippen LogP contribution in [0.5, 0.6) is 11.5 Å². The van der Waals surface area contributed by atoms with Crippen molar-refractivity contribution in [3.63, 3.8) is 0 Å². The molecule has 0 aliphatic carbocycles. The van der Waals surface area contributed by atoms with E-state index in [1.54, 1.807) is 7.11 Å². The van der Waals surface area contributed by atoms with Crippen molar-refractivity contribution in [2.75, 3.05) is 7.11 Å². The van der Waals surface area contributed by atoms with Crippen molar-refractivity contribution in [1.29, 1.82) is 0 Å². The summed E-state index contributed by atoms with van der Waals surface area (Å²) >= 11 is 0. The summed E-state index contributed by atoms with van der Waals surface area (Å²) in [6, 6.07) is 25.3. The quantitative estimate of drug-likeness (QED) is 0.444. The molecular weight excluding hydrogens is 352 g/mol. The minimum atomic E-state index is -0.101. The monoisotopic (exact) mass is 372 g/mol. The van der Waals surface area contributed by atoms with E-state index >= 15 is 0 Å². The zero-order valence-corrected chi connectivity index (χ0v) is 15.7. The summed E-state index contributed by atoms with van der Waals surface area (Å²) in [6.45, 7) is 2.01. The molecule has 5 nitrogen and oxygen atoms in total. The van der Waals surface area contributed by atoms with E-state index in [2.05, 4.69) is 10.1 Å². The van der Waals surface area contributed by atoms with Crippen molar-refractivity contribution in [3.05, 3.63) is 84.4 Å². The summed E-state index contributed by atoms with van der Waals surface area (Å²) in [5, 5.41) is 4.09. The molecule has 28 heavy (non-hydrogen) atoms. The van der Waals surface area contributed by atoms with Crippen molar-refractivity contribution in [1.82, 2.24) is 10.1 Å². The lowest BCUT2D eigenvalue weighted by atomic mass is 10.1. The van der Waals surface area contributed by atoms with Gasteiger partial charge in [-0.05, 0) is 42.8 Å². The molecule has 1 aromatic heterocycles. The fourth-order valence-corrected chi connectivity index (χ4v) is 2.93. The predicted molar refractivity (Wildman–Crippen MR) is 107 cm³/mol. The van der Waals surface area contributed by atoms with E-state index in [4.69, 9.17) is 14.0 Å². The molecule has 0 unspecified atom stereocenters. The SMILES string of the molecule is COc1cc(-c2noc(-c3ccccc3)n2)ccc1O[C@H](C)c1ccccc1. The van der Waals surface area contributed by atoms with E-state index in [0.29, 0.717) is 23.2 Å². The molecule has 1 heterocycles. The van der Waals surface area contributed by atoms with Gasteiger partial charge < -0.3 is 14.0 Å². The third kappa shape index (κ3) is 3.74. The summed E-state index contributed by atoms with van der Waals surface area (Å²) in [7, 11) is 1.62. The van der Waals surface area contributed by atoms with Crippen LogP contribution >= 0.6 is 0 Å². The third-order valence-electron chi connectivity index (χ3n) is 4.44. The molecule has 0 N–H and O–H groups in total. The van der Waals surface area contributed by atoms with E-state index in [1.807, 2.05) is 85.8 Å². The standard InChI is InChI=1S/C23H20N2O3/c1-16(17-9-5-3-6-10-17)27-20-14-13-19(15-21(20)26-2)22-24-23(28-25-22)18-11-7-4-8-12-18/h3-16H,1-2H3/t16-/m1/s1. The first kappa shape index (κ1) is 17.8. The minimum Gasteiger partial charge on any atom is -0.493 e. The van der Waals surface area contributed by atoms with E-state index in [1.165, 1.54) is 0 Å². The Hall–Kier alpha value is -3.60. The third-order valence-corrected chi connectivity index (χ3v) is 4.44. The molecule has 0 aliphatic heterocycles. The highest BCUT2D eigenvalue weighted by Crippen LogP contribution is 2.35. The van der Waals surface area contributed by atoms with Crippen LogP contribution in [-0.2, 0) is 0 Å². The van der Waals surface area contributed by atoms with Gasteiger partial charge in [-0.15, -0.1) is 0 Å². The molecule has 4 aromatic rings. The Morgan fingerprint density at radius 1 is 0.821 bits per heavy atom. The molecule has 0 saturated carbocycles. The summed E-state index contributed by atoms with van der Waals surface area (Å²) in [5.41, 5.74) is 2.77. The molecular formula is C23H20N2O3. The van der Waals surface area contributed by atoms with Crippen LogP contribution in [0.25, 0.3) is 22.8 Å². The lowest BCUT2D eigenvalue weighted by molar-refractivity contribution is 0.216. The van der Waals surface area contributed by atoms with Crippen LogP contribution in [0, 0.1) is 0 Å². The molecule has 0 saturated heterocycles. The highest BCUT2D eigenvalue weighted by Gasteiger charge is 2.15. The normalized spacial score (nSPS) is 11.8. The first-order valence-electron chi connectivity index (χ1n) is 9.04. The Morgan fingerprint density at radius 3 is 2.25 bits per heavy atom. The van der Waals surface area contributed by atoms with Crippen LogP contribution in [0.15, 0.2) is 83.4 Å². The smallest absolute Gasteiger partial charge is 0.258 e. The van der Waals surface area contributed by atoms with E-state index in [9.17, 15) is 0 Å². The number of benzene rings is 3. The lowest BCUT2D eigenvalue weighted by Crippen LogP contribution is -2.04. The van der Waals surface area contributed by atoms with Crippen LogP contribution in [0.2, 0.25) is 0 Å². The van der Waals surface area contributed by atoms with Crippen LogP contribution in [0.3, 0.4) is 0 Å². The van der Waals surface area contributed by atoms with Gasteiger partial charge in [0, 0.05) is 11.1 Å². The molecule has 0 radical (unpaired) electrons. The molecule has 0 bridgehead atoms. The summed E-state index contributed by atoms with van der Waals surface area (Å²) in [6.07, 6.45) is -0.101. The van der Waals surface area contributed by atoms with Gasteiger partial charge in [-0.1, -0.05) is 53.7 Å². The number of aromatic nitrogens is 2. The second-order valence-corrected chi connectivity index (χ2v) is 6.33. The second kappa shape index (κ2) is 7.96. The number of hydrogen-bond donors (Lipinski definition) is 0. The first-order valence-corrected chi connectivity index (χ1v) is 9.04. The summed E-state index contributed by atoms with van der Waals surface area (Å²) in [5.74, 6) is 2.26. The van der Waals surface area contributed by atoms with Gasteiger partial charge in [0.05, 0.1) is 7.11 Å². The number of methoxy groups -OCH3 is 1. The Balaban J connectivity index is 1.58. The van der Waals surface area contributed by atoms with Crippen molar-refractivity contribution in [2.24, 2.45) is 0 Å². The topological polar surface area (TPSA) is 57.4 Å². The summed E-state index contributed by atoms with van der Waals surface area (Å²) in [4.78, 5) is 4.49. The molecule has 140 valence electrons. The molecule has 0 aliphatic rings. The van der Waals surface area contributed by atoms with Gasteiger partial charge in [0.2, 0.25) is 5.82 Å². The van der Waals surface area contributed by atoms with Crippen molar-refractivity contribution in [3.8, 4) is 34.3 Å². The van der Waals surface area contributed by atoms with Gasteiger partial charge in [0.25, 0.3) is 5.89 Å². The maximum Gasteiger partial charge on any atom is 0.258 e. The molecule has 0 spiro atoms. The highest BCUT2D eigenvalue weighted by atomic mass is 16.5. The van der Waals surface area contributed by atoms with Gasteiger partial charge in [-0.25, -0.2) is 0 Å². The number of rotatable bonds is 6. The van der Waals surface area contributed by atoms with Gasteiger partial charge in [0.1, 0.15) is 6.10 Å². The van der Waals surface area contributed by atoms with E-state index in [-0.39, 0.29) is 6.10 Å². The van der Waals surface area contributed by atoms with Crippen LogP contribution in [0.1, 0.15) is 18.6 Å².